The van der Waals surface area contributed by atoms with Gasteiger partial charge in [-0.2, -0.15) is 0 Å². The minimum Gasteiger partial charge on any atom is -0.350 e. The van der Waals surface area contributed by atoms with Gasteiger partial charge in [-0.3, -0.25) is 9.69 Å². The number of carbonyl (C=O) groups is 1. The van der Waals surface area contributed by atoms with E-state index in [1.165, 1.54) is 0 Å². The van der Waals surface area contributed by atoms with E-state index in [0.717, 1.165) is 31.8 Å². The molecule has 3 heterocycles. The van der Waals surface area contributed by atoms with Crippen molar-refractivity contribution in [1.29, 1.82) is 0 Å². The zero-order chi connectivity index (χ0) is 17.1. The van der Waals surface area contributed by atoms with Gasteiger partial charge in [-0.25, -0.2) is 14.6 Å². The Labute approximate surface area is 146 Å². The van der Waals surface area contributed by atoms with Crippen LogP contribution >= 0.6 is 0 Å². The van der Waals surface area contributed by atoms with Crippen molar-refractivity contribution in [1.82, 2.24) is 35.2 Å². The second-order valence-electron chi connectivity index (χ2n) is 6.56. The first-order valence-electron chi connectivity index (χ1n) is 8.59. The average Bonchev–Trinajstić information content (AvgIpc) is 3.38. The maximum absolute atomic E-state index is 12.5. The van der Waals surface area contributed by atoms with Crippen LogP contribution in [0.2, 0.25) is 0 Å². The van der Waals surface area contributed by atoms with Gasteiger partial charge in [-0.1, -0.05) is 17.4 Å². The molecule has 1 aliphatic heterocycles. The van der Waals surface area contributed by atoms with Gasteiger partial charge in [0.05, 0.1) is 24.8 Å². The second kappa shape index (κ2) is 7.10. The molecule has 0 spiro atoms. The summed E-state index contributed by atoms with van der Waals surface area (Å²) in [5.74, 6) is 0.965. The van der Waals surface area contributed by atoms with Gasteiger partial charge in [0.15, 0.2) is 0 Å². The first-order chi connectivity index (χ1) is 12.3. The molecule has 2 atom stereocenters. The van der Waals surface area contributed by atoms with Crippen molar-refractivity contribution in [2.75, 3.05) is 13.1 Å². The smallest absolute Gasteiger partial charge is 0.224 e. The molecule has 8 nitrogen and oxygen atoms in total. The fourth-order valence-corrected chi connectivity index (χ4v) is 3.54. The highest BCUT2D eigenvalue weighted by Crippen LogP contribution is 2.24. The normalized spacial score (nSPS) is 24.0. The first-order valence-corrected chi connectivity index (χ1v) is 8.59. The van der Waals surface area contributed by atoms with Crippen molar-refractivity contribution in [2.24, 2.45) is 5.92 Å². The van der Waals surface area contributed by atoms with Crippen LogP contribution in [-0.4, -0.2) is 54.9 Å². The van der Waals surface area contributed by atoms with E-state index in [4.69, 9.17) is 0 Å². The summed E-state index contributed by atoms with van der Waals surface area (Å²) in [7, 11) is 0. The summed E-state index contributed by atoms with van der Waals surface area (Å²) in [6.07, 6.45) is 12.8. The zero-order valence-electron chi connectivity index (χ0n) is 13.9. The number of amides is 1. The molecule has 0 bridgehead atoms. The van der Waals surface area contributed by atoms with Crippen LogP contribution in [0.15, 0.2) is 43.0 Å². The molecule has 1 N–H and O–H groups in total. The third kappa shape index (κ3) is 3.58. The zero-order valence-corrected chi connectivity index (χ0v) is 13.9. The molecule has 25 heavy (non-hydrogen) atoms. The van der Waals surface area contributed by atoms with Gasteiger partial charge in [-0.05, 0) is 18.9 Å². The topological polar surface area (TPSA) is 88.8 Å². The van der Waals surface area contributed by atoms with Gasteiger partial charge < -0.3 is 5.32 Å². The molecule has 2 aromatic rings. The Balaban J connectivity index is 1.46. The molecule has 2 aliphatic rings. The Morgan fingerprint density at radius 1 is 1.16 bits per heavy atom. The van der Waals surface area contributed by atoms with E-state index in [9.17, 15) is 4.79 Å². The molecule has 130 valence electrons. The van der Waals surface area contributed by atoms with Crippen LogP contribution < -0.4 is 5.32 Å². The summed E-state index contributed by atoms with van der Waals surface area (Å²) in [4.78, 5) is 23.4. The molecule has 1 aliphatic carbocycles. The summed E-state index contributed by atoms with van der Waals surface area (Å²) in [6.45, 7) is 2.17. The van der Waals surface area contributed by atoms with Gasteiger partial charge in [0, 0.05) is 37.6 Å². The van der Waals surface area contributed by atoms with E-state index in [-0.39, 0.29) is 23.9 Å². The largest absolute Gasteiger partial charge is 0.350 e. The molecular formula is C17H21N7O. The van der Waals surface area contributed by atoms with Crippen molar-refractivity contribution < 1.29 is 4.79 Å². The van der Waals surface area contributed by atoms with Crippen LogP contribution in [0, 0.1) is 5.92 Å². The van der Waals surface area contributed by atoms with Crippen molar-refractivity contribution in [3.63, 3.8) is 0 Å². The van der Waals surface area contributed by atoms with Gasteiger partial charge >= 0.3 is 0 Å². The van der Waals surface area contributed by atoms with Crippen LogP contribution in [-0.2, 0) is 11.3 Å². The minimum absolute atomic E-state index is 0.00138. The van der Waals surface area contributed by atoms with Gasteiger partial charge in [-0.15, -0.1) is 5.10 Å². The van der Waals surface area contributed by atoms with Crippen molar-refractivity contribution in [3.05, 3.63) is 48.8 Å². The standard InChI is InChI=1S/C17H21N7O/c25-17(13-4-1-2-5-13)21-14-10-23(12-16-18-6-3-7-19-16)11-15(14)24-9-8-20-22-24/h1-3,6-9,13-15H,4-5,10-12H2,(H,21,25)/t14-,15+/m1/s1. The number of aromatic nitrogens is 5. The molecule has 1 amide bonds. The fraction of sp³-hybridized carbons (Fsp3) is 0.471. The maximum Gasteiger partial charge on any atom is 0.224 e. The van der Waals surface area contributed by atoms with Crippen molar-refractivity contribution in [3.8, 4) is 0 Å². The monoisotopic (exact) mass is 339 g/mol. The minimum atomic E-state index is -0.00138. The third-order valence-corrected chi connectivity index (χ3v) is 4.84. The fourth-order valence-electron chi connectivity index (χ4n) is 3.54. The molecule has 4 rings (SSSR count). The lowest BCUT2D eigenvalue weighted by atomic mass is 10.1. The lowest BCUT2D eigenvalue weighted by Gasteiger charge is -2.21. The van der Waals surface area contributed by atoms with Crippen molar-refractivity contribution >= 4 is 5.91 Å². The molecule has 1 saturated heterocycles. The predicted octanol–water partition coefficient (Wildman–Crippen LogP) is 0.576. The van der Waals surface area contributed by atoms with E-state index < -0.39 is 0 Å². The quantitative estimate of drug-likeness (QED) is 0.802. The molecule has 0 unspecified atom stereocenters. The Kier molecular flexibility index (Phi) is 4.51. The van der Waals surface area contributed by atoms with E-state index >= 15 is 0 Å². The van der Waals surface area contributed by atoms with E-state index in [2.05, 4.69) is 42.6 Å². The highest BCUT2D eigenvalue weighted by molar-refractivity contribution is 5.79. The first kappa shape index (κ1) is 15.9. The van der Waals surface area contributed by atoms with Crippen LogP contribution in [0.3, 0.4) is 0 Å². The van der Waals surface area contributed by atoms with Crippen LogP contribution in [0.1, 0.15) is 24.7 Å². The van der Waals surface area contributed by atoms with Gasteiger partial charge in [0.1, 0.15) is 5.82 Å². The van der Waals surface area contributed by atoms with Gasteiger partial charge in [0.2, 0.25) is 5.91 Å². The lowest BCUT2D eigenvalue weighted by molar-refractivity contribution is -0.125. The molecule has 8 heteroatoms. The maximum atomic E-state index is 12.5. The Hall–Kier alpha value is -2.61. The van der Waals surface area contributed by atoms with Crippen LogP contribution in [0.5, 0.6) is 0 Å². The third-order valence-electron chi connectivity index (χ3n) is 4.84. The molecular weight excluding hydrogens is 318 g/mol. The summed E-state index contributed by atoms with van der Waals surface area (Å²) < 4.78 is 1.84. The number of carbonyl (C=O) groups excluding carboxylic acids is 1. The molecule has 0 radical (unpaired) electrons. The number of allylic oxidation sites excluding steroid dienone is 2. The van der Waals surface area contributed by atoms with E-state index in [0.29, 0.717) is 6.54 Å². The lowest BCUT2D eigenvalue weighted by Crippen LogP contribution is -2.43. The molecule has 2 aromatic heterocycles. The average molecular weight is 339 g/mol. The molecule has 0 saturated carbocycles. The highest BCUT2D eigenvalue weighted by atomic mass is 16.2. The summed E-state index contributed by atoms with van der Waals surface area (Å²) in [5, 5.41) is 11.3. The predicted molar refractivity (Wildman–Crippen MR) is 90.2 cm³/mol. The highest BCUT2D eigenvalue weighted by Gasteiger charge is 2.37. The number of hydrogen-bond acceptors (Lipinski definition) is 6. The summed E-state index contributed by atoms with van der Waals surface area (Å²) in [5.41, 5.74) is 0. The SMILES string of the molecule is O=C(N[C@@H]1CN(Cc2ncccn2)C[C@@H]1n1ccnn1)C1CC=CC1. The van der Waals surface area contributed by atoms with Crippen LogP contribution in [0.4, 0.5) is 0 Å². The summed E-state index contributed by atoms with van der Waals surface area (Å²) in [6, 6.07) is 1.87. The molecule has 1 fully saturated rings. The number of nitrogens with zero attached hydrogens (tertiary/aromatic N) is 6. The van der Waals surface area contributed by atoms with Crippen molar-refractivity contribution in [2.45, 2.75) is 31.5 Å². The number of nitrogens with one attached hydrogen (secondary N) is 1. The van der Waals surface area contributed by atoms with Gasteiger partial charge in [0.25, 0.3) is 0 Å². The second-order valence-corrected chi connectivity index (χ2v) is 6.56. The molecule has 0 aromatic carbocycles. The Morgan fingerprint density at radius 2 is 1.96 bits per heavy atom. The Morgan fingerprint density at radius 3 is 2.68 bits per heavy atom. The van der Waals surface area contributed by atoms with Crippen LogP contribution in [0.25, 0.3) is 0 Å². The number of hydrogen-bond donors (Lipinski definition) is 1. The van der Waals surface area contributed by atoms with E-state index in [1.54, 1.807) is 18.6 Å². The number of likely N-dealkylation sites (tertiary alicyclic amines) is 1. The van der Waals surface area contributed by atoms with E-state index in [1.807, 2.05) is 16.9 Å². The number of rotatable bonds is 5. The Bertz CT molecular complexity index is 723. The summed E-state index contributed by atoms with van der Waals surface area (Å²) >= 11 is 0.